The molecule has 0 bridgehead atoms. The number of nitrogens with one attached hydrogen (secondary N) is 2. The van der Waals surface area contributed by atoms with Crippen LogP contribution in [0, 0.1) is 5.92 Å². The fourth-order valence-electron chi connectivity index (χ4n) is 2.69. The highest BCUT2D eigenvalue weighted by atomic mass is 16.5. The van der Waals surface area contributed by atoms with Gasteiger partial charge in [0, 0.05) is 6.42 Å². The average Bonchev–Trinajstić information content (AvgIpc) is 3.01. The molecule has 2 atom stereocenters. The second-order valence-electron chi connectivity index (χ2n) is 6.83. The number of rotatable bonds is 8. The first kappa shape index (κ1) is 19.1. The molecule has 138 valence electrons. The van der Waals surface area contributed by atoms with E-state index < -0.39 is 6.04 Å². The number of benzene rings is 1. The van der Waals surface area contributed by atoms with Crippen molar-refractivity contribution in [1.82, 2.24) is 10.6 Å². The maximum atomic E-state index is 12.2. The first-order valence-electron chi connectivity index (χ1n) is 8.81. The molecule has 1 aromatic rings. The van der Waals surface area contributed by atoms with Gasteiger partial charge in [-0.2, -0.15) is 0 Å². The molecule has 1 aromatic carbocycles. The Balaban J connectivity index is 1.98. The zero-order valence-corrected chi connectivity index (χ0v) is 15.4. The third kappa shape index (κ3) is 5.37. The van der Waals surface area contributed by atoms with E-state index in [1.807, 2.05) is 25.1 Å². The molecular formula is C19H28N2O4. The lowest BCUT2D eigenvalue weighted by atomic mass is 10.1. The third-order valence-electron chi connectivity index (χ3n) is 4.31. The van der Waals surface area contributed by atoms with Gasteiger partial charge in [0.1, 0.15) is 6.04 Å². The summed E-state index contributed by atoms with van der Waals surface area (Å²) in [6, 6.07) is 5.04. The molecule has 0 spiro atoms. The molecule has 6 nitrogen and oxygen atoms in total. The van der Waals surface area contributed by atoms with Crippen molar-refractivity contribution in [3.63, 3.8) is 0 Å². The number of amides is 2. The molecule has 6 heteroatoms. The van der Waals surface area contributed by atoms with Crippen molar-refractivity contribution in [1.29, 1.82) is 0 Å². The van der Waals surface area contributed by atoms with Gasteiger partial charge in [0.25, 0.3) is 0 Å². The topological polar surface area (TPSA) is 76.7 Å². The van der Waals surface area contributed by atoms with Crippen molar-refractivity contribution in [2.45, 2.75) is 52.1 Å². The van der Waals surface area contributed by atoms with Crippen molar-refractivity contribution in [3.05, 3.63) is 23.8 Å². The van der Waals surface area contributed by atoms with Crippen molar-refractivity contribution in [2.24, 2.45) is 5.92 Å². The minimum Gasteiger partial charge on any atom is -0.493 e. The highest BCUT2D eigenvalue weighted by molar-refractivity contribution is 5.90. The van der Waals surface area contributed by atoms with Crippen molar-refractivity contribution >= 4 is 11.8 Å². The number of ether oxygens (including phenoxy) is 2. The van der Waals surface area contributed by atoms with Crippen LogP contribution in [0.4, 0.5) is 0 Å². The summed E-state index contributed by atoms with van der Waals surface area (Å²) in [7, 11) is 1.60. The van der Waals surface area contributed by atoms with Crippen LogP contribution in [0.3, 0.4) is 0 Å². The Labute approximate surface area is 149 Å². The minimum absolute atomic E-state index is 0.0719. The molecular weight excluding hydrogens is 320 g/mol. The van der Waals surface area contributed by atoms with Crippen molar-refractivity contribution in [2.75, 3.05) is 13.7 Å². The lowest BCUT2D eigenvalue weighted by molar-refractivity contribution is -0.126. The SMILES string of the molecule is COc1cc([C@@H](C)NC(=O)[C@H]2CCC(=O)N2)ccc1OCCC(C)C. The van der Waals surface area contributed by atoms with Gasteiger partial charge in [-0.15, -0.1) is 0 Å². The summed E-state index contributed by atoms with van der Waals surface area (Å²) in [6.07, 6.45) is 1.93. The van der Waals surface area contributed by atoms with E-state index in [0.29, 0.717) is 36.9 Å². The van der Waals surface area contributed by atoms with Crippen LogP contribution in [-0.4, -0.2) is 31.6 Å². The van der Waals surface area contributed by atoms with Crippen LogP contribution in [0.5, 0.6) is 11.5 Å². The number of hydrogen-bond donors (Lipinski definition) is 2. The summed E-state index contributed by atoms with van der Waals surface area (Å²) < 4.78 is 11.2. The second kappa shape index (κ2) is 8.74. The van der Waals surface area contributed by atoms with Gasteiger partial charge in [-0.1, -0.05) is 19.9 Å². The first-order chi connectivity index (χ1) is 11.9. The maximum absolute atomic E-state index is 12.2. The fourth-order valence-corrected chi connectivity index (χ4v) is 2.69. The minimum atomic E-state index is -0.435. The Kier molecular flexibility index (Phi) is 6.67. The van der Waals surface area contributed by atoms with Crippen LogP contribution in [0.1, 0.15) is 51.6 Å². The predicted molar refractivity (Wildman–Crippen MR) is 95.7 cm³/mol. The molecule has 25 heavy (non-hydrogen) atoms. The Bertz CT molecular complexity index is 615. The van der Waals surface area contributed by atoms with Gasteiger partial charge in [0.2, 0.25) is 11.8 Å². The lowest BCUT2D eigenvalue weighted by Crippen LogP contribution is -2.42. The Morgan fingerprint density at radius 2 is 2.08 bits per heavy atom. The molecule has 2 amide bonds. The third-order valence-corrected chi connectivity index (χ3v) is 4.31. The molecule has 0 aromatic heterocycles. The Hall–Kier alpha value is -2.24. The molecule has 0 aliphatic carbocycles. The first-order valence-corrected chi connectivity index (χ1v) is 8.81. The number of carbonyl (C=O) groups excluding carboxylic acids is 2. The standard InChI is InChI=1S/C19H28N2O4/c1-12(2)9-10-25-16-7-5-14(11-17(16)24-4)13(3)20-19(23)15-6-8-18(22)21-15/h5,7,11-13,15H,6,8-10H2,1-4H3,(H,20,23)(H,21,22)/t13-,15-/m1/s1. The Morgan fingerprint density at radius 1 is 1.32 bits per heavy atom. The Morgan fingerprint density at radius 3 is 2.68 bits per heavy atom. The maximum Gasteiger partial charge on any atom is 0.243 e. The van der Waals surface area contributed by atoms with Crippen LogP contribution in [0.15, 0.2) is 18.2 Å². The lowest BCUT2D eigenvalue weighted by Gasteiger charge is -2.19. The normalized spacial score (nSPS) is 18.0. The van der Waals surface area contributed by atoms with Crippen LogP contribution in [0.2, 0.25) is 0 Å². The van der Waals surface area contributed by atoms with E-state index in [1.165, 1.54) is 0 Å². The van der Waals surface area contributed by atoms with Gasteiger partial charge in [-0.05, 0) is 43.4 Å². The van der Waals surface area contributed by atoms with E-state index >= 15 is 0 Å². The van der Waals surface area contributed by atoms with Crippen LogP contribution in [-0.2, 0) is 9.59 Å². The molecule has 0 unspecified atom stereocenters. The monoisotopic (exact) mass is 348 g/mol. The molecule has 1 heterocycles. The molecule has 2 rings (SSSR count). The van der Waals surface area contributed by atoms with Crippen molar-refractivity contribution in [3.8, 4) is 11.5 Å². The number of methoxy groups -OCH3 is 1. The molecule has 2 N–H and O–H groups in total. The van der Waals surface area contributed by atoms with Gasteiger partial charge < -0.3 is 20.1 Å². The summed E-state index contributed by atoms with van der Waals surface area (Å²) in [5, 5.41) is 5.62. The van der Waals surface area contributed by atoms with Crippen LogP contribution < -0.4 is 20.1 Å². The summed E-state index contributed by atoms with van der Waals surface area (Å²) in [4.78, 5) is 23.5. The van der Waals surface area contributed by atoms with Gasteiger partial charge in [-0.25, -0.2) is 0 Å². The second-order valence-corrected chi connectivity index (χ2v) is 6.83. The molecule has 1 aliphatic rings. The quantitative estimate of drug-likeness (QED) is 0.757. The summed E-state index contributed by atoms with van der Waals surface area (Å²) in [5.41, 5.74) is 0.922. The molecule has 0 radical (unpaired) electrons. The van der Waals surface area contributed by atoms with E-state index in [1.54, 1.807) is 7.11 Å². The van der Waals surface area contributed by atoms with Crippen LogP contribution >= 0.6 is 0 Å². The van der Waals surface area contributed by atoms with Gasteiger partial charge in [-0.3, -0.25) is 9.59 Å². The summed E-state index contributed by atoms with van der Waals surface area (Å²) >= 11 is 0. The van der Waals surface area contributed by atoms with E-state index in [9.17, 15) is 9.59 Å². The van der Waals surface area contributed by atoms with E-state index in [0.717, 1.165) is 12.0 Å². The number of carbonyl (C=O) groups is 2. The number of hydrogen-bond acceptors (Lipinski definition) is 4. The average molecular weight is 348 g/mol. The summed E-state index contributed by atoms with van der Waals surface area (Å²) in [5.74, 6) is 1.70. The smallest absolute Gasteiger partial charge is 0.243 e. The molecule has 1 saturated heterocycles. The van der Waals surface area contributed by atoms with E-state index in [-0.39, 0.29) is 17.9 Å². The zero-order valence-electron chi connectivity index (χ0n) is 15.4. The molecule has 1 aliphatic heterocycles. The van der Waals surface area contributed by atoms with Crippen LogP contribution in [0.25, 0.3) is 0 Å². The zero-order chi connectivity index (χ0) is 18.4. The highest BCUT2D eigenvalue weighted by Gasteiger charge is 2.28. The fraction of sp³-hybridized carbons (Fsp3) is 0.579. The molecule has 1 fully saturated rings. The van der Waals surface area contributed by atoms with Gasteiger partial charge >= 0.3 is 0 Å². The summed E-state index contributed by atoms with van der Waals surface area (Å²) in [6.45, 7) is 6.85. The van der Waals surface area contributed by atoms with Gasteiger partial charge in [0.05, 0.1) is 19.8 Å². The van der Waals surface area contributed by atoms with Gasteiger partial charge in [0.15, 0.2) is 11.5 Å². The molecule has 0 saturated carbocycles. The largest absolute Gasteiger partial charge is 0.493 e. The van der Waals surface area contributed by atoms with E-state index in [4.69, 9.17) is 9.47 Å². The van der Waals surface area contributed by atoms with E-state index in [2.05, 4.69) is 24.5 Å². The highest BCUT2D eigenvalue weighted by Crippen LogP contribution is 2.30. The van der Waals surface area contributed by atoms with Crippen molar-refractivity contribution < 1.29 is 19.1 Å². The predicted octanol–water partition coefficient (Wildman–Crippen LogP) is 2.58.